The van der Waals surface area contributed by atoms with Crippen LogP contribution in [0, 0.1) is 17.2 Å². The third kappa shape index (κ3) is 3.16. The van der Waals surface area contributed by atoms with Crippen LogP contribution in [0.5, 0.6) is 0 Å². The van der Waals surface area contributed by atoms with Gasteiger partial charge in [0.25, 0.3) is 0 Å². The standard InChI is InChI=1S/C16H23ClFNO/c1-2-11-3-5-16(10-19,6-4-11)15(20)12-7-13(17)9-14(18)8-12/h7-9,11,15,20H,2-6,10,19H2,1H3. The second kappa shape index (κ2) is 6.42. The summed E-state index contributed by atoms with van der Waals surface area (Å²) < 4.78 is 13.5. The van der Waals surface area contributed by atoms with Crippen molar-refractivity contribution < 1.29 is 9.50 Å². The minimum absolute atomic E-state index is 0.313. The van der Waals surface area contributed by atoms with Crippen LogP contribution >= 0.6 is 11.6 Å². The van der Waals surface area contributed by atoms with E-state index in [-0.39, 0.29) is 5.41 Å². The third-order valence-corrected chi connectivity index (χ3v) is 5.08. The molecule has 0 spiro atoms. The summed E-state index contributed by atoms with van der Waals surface area (Å²) in [7, 11) is 0. The van der Waals surface area contributed by atoms with E-state index in [4.69, 9.17) is 17.3 Å². The Kier molecular flexibility index (Phi) is 5.05. The Labute approximate surface area is 125 Å². The largest absolute Gasteiger partial charge is 0.388 e. The van der Waals surface area contributed by atoms with Gasteiger partial charge >= 0.3 is 0 Å². The minimum Gasteiger partial charge on any atom is -0.388 e. The van der Waals surface area contributed by atoms with Gasteiger partial charge in [0.15, 0.2) is 0 Å². The molecule has 1 aliphatic carbocycles. The number of aliphatic hydroxyl groups is 1. The first-order valence-electron chi connectivity index (χ1n) is 7.35. The summed E-state index contributed by atoms with van der Waals surface area (Å²) in [4.78, 5) is 0. The lowest BCUT2D eigenvalue weighted by Gasteiger charge is -2.43. The van der Waals surface area contributed by atoms with Crippen LogP contribution < -0.4 is 5.73 Å². The van der Waals surface area contributed by atoms with Gasteiger partial charge in [-0.25, -0.2) is 4.39 Å². The monoisotopic (exact) mass is 299 g/mol. The van der Waals surface area contributed by atoms with Gasteiger partial charge < -0.3 is 10.8 Å². The maximum atomic E-state index is 13.5. The molecule has 1 aliphatic rings. The van der Waals surface area contributed by atoms with E-state index in [0.29, 0.717) is 17.1 Å². The highest BCUT2D eigenvalue weighted by Gasteiger charge is 2.40. The van der Waals surface area contributed by atoms with Crippen LogP contribution in [-0.4, -0.2) is 11.7 Å². The molecule has 0 radical (unpaired) electrons. The van der Waals surface area contributed by atoms with E-state index < -0.39 is 11.9 Å². The number of rotatable bonds is 4. The van der Waals surface area contributed by atoms with Crippen molar-refractivity contribution in [3.63, 3.8) is 0 Å². The SMILES string of the molecule is CCC1CCC(CN)(C(O)c2cc(F)cc(Cl)c2)CC1. The molecule has 0 aromatic heterocycles. The van der Waals surface area contributed by atoms with Crippen molar-refractivity contribution in [3.05, 3.63) is 34.6 Å². The summed E-state index contributed by atoms with van der Waals surface area (Å²) >= 11 is 5.88. The number of nitrogens with two attached hydrogens (primary N) is 1. The number of aliphatic hydroxyl groups excluding tert-OH is 1. The summed E-state index contributed by atoms with van der Waals surface area (Å²) in [5, 5.41) is 11.0. The van der Waals surface area contributed by atoms with Gasteiger partial charge in [0.2, 0.25) is 0 Å². The van der Waals surface area contributed by atoms with Gasteiger partial charge in [0.1, 0.15) is 5.82 Å². The molecule has 0 bridgehead atoms. The molecule has 1 atom stereocenters. The van der Waals surface area contributed by atoms with Crippen LogP contribution in [0.4, 0.5) is 4.39 Å². The lowest BCUT2D eigenvalue weighted by molar-refractivity contribution is -0.0104. The zero-order valence-electron chi connectivity index (χ0n) is 11.9. The third-order valence-electron chi connectivity index (χ3n) is 4.87. The van der Waals surface area contributed by atoms with Gasteiger partial charge in [-0.15, -0.1) is 0 Å². The van der Waals surface area contributed by atoms with Gasteiger partial charge in [0.05, 0.1) is 6.10 Å². The molecule has 1 aromatic rings. The van der Waals surface area contributed by atoms with Crippen LogP contribution in [0.3, 0.4) is 0 Å². The van der Waals surface area contributed by atoms with Crippen molar-refractivity contribution >= 4 is 11.6 Å². The Morgan fingerprint density at radius 2 is 2.05 bits per heavy atom. The van der Waals surface area contributed by atoms with Crippen molar-refractivity contribution in [3.8, 4) is 0 Å². The fourth-order valence-corrected chi connectivity index (χ4v) is 3.57. The highest BCUT2D eigenvalue weighted by molar-refractivity contribution is 6.30. The van der Waals surface area contributed by atoms with Gasteiger partial charge in [-0.1, -0.05) is 24.9 Å². The van der Waals surface area contributed by atoms with E-state index in [1.165, 1.54) is 18.6 Å². The molecule has 2 rings (SSSR count). The number of hydrogen-bond acceptors (Lipinski definition) is 2. The minimum atomic E-state index is -0.751. The van der Waals surface area contributed by atoms with E-state index in [1.54, 1.807) is 6.07 Å². The van der Waals surface area contributed by atoms with Gasteiger partial charge in [0, 0.05) is 17.0 Å². The molecular weight excluding hydrogens is 277 g/mol. The molecule has 1 saturated carbocycles. The van der Waals surface area contributed by atoms with Gasteiger partial charge in [-0.3, -0.25) is 0 Å². The molecular formula is C16H23ClFNO. The van der Waals surface area contributed by atoms with Crippen molar-refractivity contribution in [2.75, 3.05) is 6.54 Å². The zero-order valence-corrected chi connectivity index (χ0v) is 12.7. The lowest BCUT2D eigenvalue weighted by atomic mass is 9.65. The smallest absolute Gasteiger partial charge is 0.125 e. The predicted octanol–water partition coefficient (Wildman–Crippen LogP) is 4.06. The Morgan fingerprint density at radius 3 is 2.55 bits per heavy atom. The molecule has 2 nitrogen and oxygen atoms in total. The normalized spacial score (nSPS) is 28.4. The molecule has 3 N–H and O–H groups in total. The molecule has 0 saturated heterocycles. The first-order chi connectivity index (χ1) is 9.50. The Balaban J connectivity index is 2.22. The molecule has 1 aromatic carbocycles. The Bertz CT molecular complexity index is 438. The average molecular weight is 300 g/mol. The van der Waals surface area contributed by atoms with E-state index in [1.807, 2.05) is 0 Å². The van der Waals surface area contributed by atoms with Crippen molar-refractivity contribution in [1.82, 2.24) is 0 Å². The van der Waals surface area contributed by atoms with E-state index in [9.17, 15) is 9.50 Å². The predicted molar refractivity (Wildman–Crippen MR) is 80.1 cm³/mol. The zero-order chi connectivity index (χ0) is 14.8. The van der Waals surface area contributed by atoms with Crippen LogP contribution in [0.15, 0.2) is 18.2 Å². The molecule has 1 unspecified atom stereocenters. The molecule has 0 heterocycles. The number of benzene rings is 1. The topological polar surface area (TPSA) is 46.2 Å². The Hall–Kier alpha value is -0.640. The van der Waals surface area contributed by atoms with Crippen LogP contribution in [0.25, 0.3) is 0 Å². The maximum absolute atomic E-state index is 13.5. The van der Waals surface area contributed by atoms with Crippen molar-refractivity contribution in [2.45, 2.75) is 45.1 Å². The fraction of sp³-hybridized carbons (Fsp3) is 0.625. The highest BCUT2D eigenvalue weighted by Crippen LogP contribution is 2.47. The average Bonchev–Trinajstić information content (AvgIpc) is 2.45. The second-order valence-corrected chi connectivity index (χ2v) is 6.46. The second-order valence-electron chi connectivity index (χ2n) is 6.02. The van der Waals surface area contributed by atoms with E-state index in [0.717, 1.165) is 31.6 Å². The van der Waals surface area contributed by atoms with Gasteiger partial charge in [-0.2, -0.15) is 0 Å². The molecule has 1 fully saturated rings. The summed E-state index contributed by atoms with van der Waals surface area (Å²) in [5.74, 6) is 0.305. The molecule has 0 aliphatic heterocycles. The quantitative estimate of drug-likeness (QED) is 0.881. The van der Waals surface area contributed by atoms with E-state index in [2.05, 4.69) is 6.92 Å². The highest BCUT2D eigenvalue weighted by atomic mass is 35.5. The Morgan fingerprint density at radius 1 is 1.40 bits per heavy atom. The van der Waals surface area contributed by atoms with Crippen molar-refractivity contribution in [1.29, 1.82) is 0 Å². The lowest BCUT2D eigenvalue weighted by Crippen LogP contribution is -2.40. The maximum Gasteiger partial charge on any atom is 0.125 e. The number of hydrogen-bond donors (Lipinski definition) is 2. The summed E-state index contributed by atoms with van der Waals surface area (Å²) in [6.45, 7) is 2.61. The molecule has 112 valence electrons. The molecule has 0 amide bonds. The van der Waals surface area contributed by atoms with E-state index >= 15 is 0 Å². The molecule has 20 heavy (non-hydrogen) atoms. The van der Waals surface area contributed by atoms with Crippen molar-refractivity contribution in [2.24, 2.45) is 17.1 Å². The van der Waals surface area contributed by atoms with Crippen LogP contribution in [-0.2, 0) is 0 Å². The molecule has 4 heteroatoms. The summed E-state index contributed by atoms with van der Waals surface area (Å²) in [6.07, 6.45) is 4.34. The first kappa shape index (κ1) is 15.7. The van der Waals surface area contributed by atoms with Gasteiger partial charge in [-0.05, 0) is 55.4 Å². The van der Waals surface area contributed by atoms with Crippen LogP contribution in [0.2, 0.25) is 5.02 Å². The van der Waals surface area contributed by atoms with Crippen LogP contribution in [0.1, 0.15) is 50.7 Å². The summed E-state index contributed by atoms with van der Waals surface area (Å²) in [5.41, 5.74) is 6.15. The first-order valence-corrected chi connectivity index (χ1v) is 7.72. The summed E-state index contributed by atoms with van der Waals surface area (Å²) in [6, 6.07) is 4.25. The fourth-order valence-electron chi connectivity index (χ4n) is 3.34. The number of halogens is 2.